The molecule has 0 radical (unpaired) electrons. The van der Waals surface area contributed by atoms with Gasteiger partial charge in [-0.05, 0) is 12.8 Å². The summed E-state index contributed by atoms with van der Waals surface area (Å²) in [6, 6.07) is 6.43. The summed E-state index contributed by atoms with van der Waals surface area (Å²) in [5.74, 6) is 2.48. The van der Waals surface area contributed by atoms with Crippen LogP contribution in [0.2, 0.25) is 0 Å². The number of guanidine groups is 1. The molecule has 0 amide bonds. The summed E-state index contributed by atoms with van der Waals surface area (Å²) in [5.41, 5.74) is 1.14. The summed E-state index contributed by atoms with van der Waals surface area (Å²) in [7, 11) is 5.17. The Morgan fingerprint density at radius 1 is 1.18 bits per heavy atom. The van der Waals surface area contributed by atoms with E-state index in [0.717, 1.165) is 62.2 Å². The molecule has 28 heavy (non-hydrogen) atoms. The molecule has 1 aromatic heterocycles. The first kappa shape index (κ1) is 19.9. The minimum absolute atomic E-state index is 0.406. The molecule has 2 N–H and O–H groups in total. The second-order valence-corrected chi connectivity index (χ2v) is 6.78. The number of hydrogen-bond acceptors (Lipinski definition) is 5. The van der Waals surface area contributed by atoms with Gasteiger partial charge in [-0.1, -0.05) is 0 Å². The monoisotopic (exact) mass is 386 g/mol. The summed E-state index contributed by atoms with van der Waals surface area (Å²) in [6.07, 6.45) is 7.66. The zero-order valence-electron chi connectivity index (χ0n) is 16.9. The lowest BCUT2D eigenvalue weighted by atomic mass is 10.0. The minimum Gasteiger partial charge on any atom is -0.497 e. The highest BCUT2D eigenvalue weighted by molar-refractivity contribution is 5.80. The predicted molar refractivity (Wildman–Crippen MR) is 112 cm³/mol. The van der Waals surface area contributed by atoms with Crippen LogP contribution >= 0.6 is 0 Å². The first-order valence-electron chi connectivity index (χ1n) is 9.62. The van der Waals surface area contributed by atoms with Gasteiger partial charge in [0.2, 0.25) is 0 Å². The van der Waals surface area contributed by atoms with E-state index in [1.54, 1.807) is 20.4 Å². The number of nitrogens with zero attached hydrogens (tertiary/aromatic N) is 4. The zero-order valence-corrected chi connectivity index (χ0v) is 16.9. The van der Waals surface area contributed by atoms with Crippen LogP contribution in [-0.4, -0.2) is 62.5 Å². The van der Waals surface area contributed by atoms with Crippen molar-refractivity contribution in [2.24, 2.45) is 4.99 Å². The first-order valence-corrected chi connectivity index (χ1v) is 9.62. The SMILES string of the molecule is CN=C(NCCn1ccnc1)NC1CCN(c2cc(OC)cc(OC)c2)CC1. The second-order valence-electron chi connectivity index (χ2n) is 6.78. The van der Waals surface area contributed by atoms with E-state index in [9.17, 15) is 0 Å². The normalized spacial score (nSPS) is 15.4. The van der Waals surface area contributed by atoms with Crippen LogP contribution in [0.4, 0.5) is 5.69 Å². The van der Waals surface area contributed by atoms with Crippen molar-refractivity contribution in [2.45, 2.75) is 25.4 Å². The summed E-state index contributed by atoms with van der Waals surface area (Å²) in [6.45, 7) is 3.61. The predicted octanol–water partition coefficient (Wildman–Crippen LogP) is 1.73. The number of piperidine rings is 1. The highest BCUT2D eigenvalue weighted by Crippen LogP contribution is 2.30. The van der Waals surface area contributed by atoms with Gasteiger partial charge in [-0.2, -0.15) is 0 Å². The summed E-state index contributed by atoms with van der Waals surface area (Å²) in [5, 5.41) is 6.91. The summed E-state index contributed by atoms with van der Waals surface area (Å²) < 4.78 is 12.8. The summed E-state index contributed by atoms with van der Waals surface area (Å²) >= 11 is 0. The molecule has 1 aliphatic heterocycles. The lowest BCUT2D eigenvalue weighted by molar-refractivity contribution is 0.393. The largest absolute Gasteiger partial charge is 0.497 e. The maximum Gasteiger partial charge on any atom is 0.191 e. The van der Waals surface area contributed by atoms with Crippen LogP contribution in [0.5, 0.6) is 11.5 Å². The molecular weight excluding hydrogens is 356 g/mol. The van der Waals surface area contributed by atoms with Crippen molar-refractivity contribution < 1.29 is 9.47 Å². The Balaban J connectivity index is 1.48. The van der Waals surface area contributed by atoms with Crippen molar-refractivity contribution in [3.05, 3.63) is 36.9 Å². The molecular formula is C20H30N6O2. The number of methoxy groups -OCH3 is 2. The van der Waals surface area contributed by atoms with Gasteiger partial charge < -0.3 is 29.6 Å². The summed E-state index contributed by atoms with van der Waals surface area (Å²) in [4.78, 5) is 10.8. The molecule has 1 aliphatic rings. The van der Waals surface area contributed by atoms with E-state index in [-0.39, 0.29) is 0 Å². The maximum absolute atomic E-state index is 5.39. The molecule has 8 heteroatoms. The number of rotatable bonds is 7. The molecule has 0 unspecified atom stereocenters. The average Bonchev–Trinajstić information content (AvgIpc) is 3.26. The molecule has 2 aromatic rings. The van der Waals surface area contributed by atoms with Gasteiger partial charge in [0, 0.05) is 75.5 Å². The number of aliphatic imine (C=N–C) groups is 1. The fourth-order valence-corrected chi connectivity index (χ4v) is 3.37. The molecule has 1 aromatic carbocycles. The number of nitrogens with one attached hydrogen (secondary N) is 2. The average molecular weight is 387 g/mol. The molecule has 0 spiro atoms. The van der Waals surface area contributed by atoms with Gasteiger partial charge in [0.25, 0.3) is 0 Å². The number of anilines is 1. The van der Waals surface area contributed by atoms with Crippen LogP contribution < -0.4 is 25.0 Å². The van der Waals surface area contributed by atoms with E-state index < -0.39 is 0 Å². The lowest BCUT2D eigenvalue weighted by Crippen LogP contribution is -2.49. The van der Waals surface area contributed by atoms with Gasteiger partial charge in [-0.25, -0.2) is 4.98 Å². The highest BCUT2D eigenvalue weighted by atomic mass is 16.5. The third kappa shape index (κ3) is 5.31. The first-order chi connectivity index (χ1) is 13.7. The topological polar surface area (TPSA) is 75.9 Å². The Hall–Kier alpha value is -2.90. The van der Waals surface area contributed by atoms with Crippen LogP contribution in [-0.2, 0) is 6.54 Å². The van der Waals surface area contributed by atoms with Gasteiger partial charge in [-0.15, -0.1) is 0 Å². The van der Waals surface area contributed by atoms with Gasteiger partial charge >= 0.3 is 0 Å². The molecule has 0 saturated carbocycles. The number of ether oxygens (including phenoxy) is 2. The van der Waals surface area contributed by atoms with Crippen molar-refractivity contribution in [3.8, 4) is 11.5 Å². The van der Waals surface area contributed by atoms with Gasteiger partial charge in [0.15, 0.2) is 5.96 Å². The van der Waals surface area contributed by atoms with Gasteiger partial charge in [0.1, 0.15) is 11.5 Å². The number of benzene rings is 1. The van der Waals surface area contributed by atoms with E-state index >= 15 is 0 Å². The van der Waals surface area contributed by atoms with Gasteiger partial charge in [-0.3, -0.25) is 4.99 Å². The van der Waals surface area contributed by atoms with Crippen molar-refractivity contribution in [3.63, 3.8) is 0 Å². The number of aromatic nitrogens is 2. The van der Waals surface area contributed by atoms with Gasteiger partial charge in [0.05, 0.1) is 20.5 Å². The highest BCUT2D eigenvalue weighted by Gasteiger charge is 2.21. The zero-order chi connectivity index (χ0) is 19.8. The lowest BCUT2D eigenvalue weighted by Gasteiger charge is -2.34. The minimum atomic E-state index is 0.406. The number of hydrogen-bond donors (Lipinski definition) is 2. The fourth-order valence-electron chi connectivity index (χ4n) is 3.37. The maximum atomic E-state index is 5.39. The Bertz CT molecular complexity index is 732. The third-order valence-electron chi connectivity index (χ3n) is 4.98. The molecule has 3 rings (SSSR count). The molecule has 1 fully saturated rings. The molecule has 0 atom stereocenters. The van der Waals surface area contributed by atoms with Crippen LogP contribution in [0.1, 0.15) is 12.8 Å². The van der Waals surface area contributed by atoms with Crippen LogP contribution in [0.3, 0.4) is 0 Å². The Morgan fingerprint density at radius 2 is 1.89 bits per heavy atom. The van der Waals surface area contributed by atoms with E-state index in [0.29, 0.717) is 6.04 Å². The molecule has 152 valence electrons. The Labute approximate surface area is 166 Å². The van der Waals surface area contributed by atoms with E-state index in [1.807, 2.05) is 30.2 Å². The van der Waals surface area contributed by atoms with E-state index in [1.165, 1.54) is 0 Å². The molecule has 8 nitrogen and oxygen atoms in total. The van der Waals surface area contributed by atoms with Crippen LogP contribution in [0, 0.1) is 0 Å². The van der Waals surface area contributed by atoms with Crippen LogP contribution in [0.25, 0.3) is 0 Å². The van der Waals surface area contributed by atoms with Crippen LogP contribution in [0.15, 0.2) is 41.9 Å². The fraction of sp³-hybridized carbons (Fsp3) is 0.500. The number of imidazole rings is 1. The standard InChI is InChI=1S/C20H30N6O2/c1-21-20(23-7-11-25-10-6-22-15-25)24-16-4-8-26(9-5-16)17-12-18(27-2)14-19(13-17)28-3/h6,10,12-16H,4-5,7-9,11H2,1-3H3,(H2,21,23,24). The Morgan fingerprint density at radius 3 is 2.46 bits per heavy atom. The quantitative estimate of drug-likeness (QED) is 0.558. The van der Waals surface area contributed by atoms with E-state index in [4.69, 9.17) is 9.47 Å². The second kappa shape index (κ2) is 9.87. The third-order valence-corrected chi connectivity index (χ3v) is 4.98. The van der Waals surface area contributed by atoms with E-state index in [2.05, 4.69) is 37.6 Å². The Kier molecular flexibility index (Phi) is 7.00. The molecule has 2 heterocycles. The molecule has 0 bridgehead atoms. The van der Waals surface area contributed by atoms with Crippen molar-refractivity contribution in [1.29, 1.82) is 0 Å². The molecule has 0 aliphatic carbocycles. The van der Waals surface area contributed by atoms with Crippen molar-refractivity contribution in [2.75, 3.05) is 45.8 Å². The smallest absolute Gasteiger partial charge is 0.191 e. The van der Waals surface area contributed by atoms with Crippen molar-refractivity contribution >= 4 is 11.6 Å². The molecule has 1 saturated heterocycles. The van der Waals surface area contributed by atoms with Crippen molar-refractivity contribution in [1.82, 2.24) is 20.2 Å².